The molecule has 4 nitrogen and oxygen atoms in total. The molecule has 0 saturated carbocycles. The monoisotopic (exact) mass is 321 g/mol. The summed E-state index contributed by atoms with van der Waals surface area (Å²) in [7, 11) is 1.66. The van der Waals surface area contributed by atoms with Crippen molar-refractivity contribution in [2.24, 2.45) is 0 Å². The summed E-state index contributed by atoms with van der Waals surface area (Å²) in [6.07, 6.45) is 1.63. The number of nitrogens with two attached hydrogens (primary N) is 1. The lowest BCUT2D eigenvalue weighted by Gasteiger charge is -2.16. The minimum atomic E-state index is 0.137. The molecule has 0 aliphatic heterocycles. The van der Waals surface area contributed by atoms with E-state index >= 15 is 0 Å². The van der Waals surface area contributed by atoms with E-state index in [0.29, 0.717) is 5.69 Å². The molecule has 3 N–H and O–H groups in total. The Balaban J connectivity index is 2.13. The van der Waals surface area contributed by atoms with Crippen molar-refractivity contribution < 1.29 is 4.74 Å². The first-order valence-electron chi connectivity index (χ1n) is 5.91. The lowest BCUT2D eigenvalue weighted by Crippen LogP contribution is -2.08. The fraction of sp³-hybridized carbons (Fsp3) is 0.214. The van der Waals surface area contributed by atoms with E-state index in [1.54, 1.807) is 13.3 Å². The highest BCUT2D eigenvalue weighted by molar-refractivity contribution is 9.10. The molecule has 0 spiro atoms. The number of rotatable bonds is 4. The zero-order valence-electron chi connectivity index (χ0n) is 10.9. The summed E-state index contributed by atoms with van der Waals surface area (Å²) in [5, 5.41) is 3.34. The molecule has 1 atom stereocenters. The molecule has 0 radical (unpaired) electrons. The second-order valence-electron chi connectivity index (χ2n) is 4.24. The van der Waals surface area contributed by atoms with Crippen molar-refractivity contribution in [1.82, 2.24) is 4.98 Å². The molecular formula is C14H16BrN3O. The lowest BCUT2D eigenvalue weighted by molar-refractivity contribution is 0.414. The van der Waals surface area contributed by atoms with Gasteiger partial charge in [0.15, 0.2) is 0 Å². The number of halogens is 1. The van der Waals surface area contributed by atoms with E-state index in [0.717, 1.165) is 21.6 Å². The molecule has 0 fully saturated rings. The topological polar surface area (TPSA) is 60.2 Å². The van der Waals surface area contributed by atoms with E-state index < -0.39 is 0 Å². The largest absolute Gasteiger partial charge is 0.497 e. The van der Waals surface area contributed by atoms with Gasteiger partial charge in [-0.2, -0.15) is 0 Å². The quantitative estimate of drug-likeness (QED) is 0.903. The Morgan fingerprint density at radius 1 is 1.32 bits per heavy atom. The van der Waals surface area contributed by atoms with Crippen LogP contribution in [0.2, 0.25) is 0 Å². The molecule has 5 heteroatoms. The molecule has 0 amide bonds. The van der Waals surface area contributed by atoms with Crippen molar-refractivity contribution in [3.05, 3.63) is 46.6 Å². The van der Waals surface area contributed by atoms with Crippen LogP contribution in [0.15, 0.2) is 41.0 Å². The number of nitrogen functional groups attached to an aromatic ring is 1. The zero-order chi connectivity index (χ0) is 13.8. The Bertz CT molecular complexity index is 557. The Kier molecular flexibility index (Phi) is 4.27. The van der Waals surface area contributed by atoms with Crippen LogP contribution < -0.4 is 15.8 Å². The van der Waals surface area contributed by atoms with Crippen molar-refractivity contribution in [3.63, 3.8) is 0 Å². The third-order valence-electron chi connectivity index (χ3n) is 2.83. The normalized spacial score (nSPS) is 11.9. The number of nitrogens with one attached hydrogen (secondary N) is 1. The standard InChI is InChI=1S/C14H16BrN3O/c1-9(10-3-5-12(19-2)6-4-10)18-14-13(15)7-11(16)8-17-14/h3-9H,16H2,1-2H3,(H,17,18). The van der Waals surface area contributed by atoms with Gasteiger partial charge in [-0.25, -0.2) is 4.98 Å². The van der Waals surface area contributed by atoms with Gasteiger partial charge in [-0.1, -0.05) is 12.1 Å². The highest BCUT2D eigenvalue weighted by Crippen LogP contribution is 2.26. The molecule has 19 heavy (non-hydrogen) atoms. The summed E-state index contributed by atoms with van der Waals surface area (Å²) in [4.78, 5) is 4.27. The van der Waals surface area contributed by atoms with E-state index in [-0.39, 0.29) is 6.04 Å². The van der Waals surface area contributed by atoms with E-state index in [2.05, 4.69) is 33.2 Å². The van der Waals surface area contributed by atoms with E-state index in [9.17, 15) is 0 Å². The smallest absolute Gasteiger partial charge is 0.140 e. The first-order chi connectivity index (χ1) is 9.10. The molecule has 1 unspecified atom stereocenters. The molecule has 0 aliphatic rings. The maximum absolute atomic E-state index is 5.67. The highest BCUT2D eigenvalue weighted by Gasteiger charge is 2.09. The van der Waals surface area contributed by atoms with Crippen molar-refractivity contribution in [1.29, 1.82) is 0 Å². The van der Waals surface area contributed by atoms with Gasteiger partial charge in [-0.3, -0.25) is 0 Å². The van der Waals surface area contributed by atoms with Crippen LogP contribution in [0.25, 0.3) is 0 Å². The van der Waals surface area contributed by atoms with Gasteiger partial charge in [0.1, 0.15) is 11.6 Å². The Morgan fingerprint density at radius 3 is 2.58 bits per heavy atom. The van der Waals surface area contributed by atoms with Gasteiger partial charge in [-0.15, -0.1) is 0 Å². The second kappa shape index (κ2) is 5.93. The number of anilines is 2. The number of ether oxygens (including phenoxy) is 1. The van der Waals surface area contributed by atoms with Crippen molar-refractivity contribution in [2.75, 3.05) is 18.2 Å². The predicted molar refractivity (Wildman–Crippen MR) is 81.4 cm³/mol. The molecule has 100 valence electrons. The fourth-order valence-corrected chi connectivity index (χ4v) is 2.22. The Morgan fingerprint density at radius 2 is 2.00 bits per heavy atom. The first kappa shape index (κ1) is 13.7. The third-order valence-corrected chi connectivity index (χ3v) is 3.44. The van der Waals surface area contributed by atoms with Gasteiger partial charge in [0.2, 0.25) is 0 Å². The van der Waals surface area contributed by atoms with E-state index in [4.69, 9.17) is 10.5 Å². The summed E-state index contributed by atoms with van der Waals surface area (Å²) in [5.74, 6) is 1.63. The number of methoxy groups -OCH3 is 1. The van der Waals surface area contributed by atoms with Crippen LogP contribution in [0.1, 0.15) is 18.5 Å². The molecule has 2 aromatic rings. The van der Waals surface area contributed by atoms with Crippen LogP contribution >= 0.6 is 15.9 Å². The minimum absolute atomic E-state index is 0.137. The van der Waals surface area contributed by atoms with E-state index in [1.807, 2.05) is 30.3 Å². The first-order valence-corrected chi connectivity index (χ1v) is 6.71. The van der Waals surface area contributed by atoms with Crippen LogP contribution in [0, 0.1) is 0 Å². The Hall–Kier alpha value is -1.75. The number of hydrogen-bond donors (Lipinski definition) is 2. The molecular weight excluding hydrogens is 306 g/mol. The van der Waals surface area contributed by atoms with Gasteiger partial charge in [-0.05, 0) is 46.6 Å². The SMILES string of the molecule is COc1ccc(C(C)Nc2ncc(N)cc2Br)cc1. The van der Waals surface area contributed by atoms with Gasteiger partial charge >= 0.3 is 0 Å². The van der Waals surface area contributed by atoms with Crippen LogP contribution in [-0.4, -0.2) is 12.1 Å². The van der Waals surface area contributed by atoms with Crippen molar-refractivity contribution in [3.8, 4) is 5.75 Å². The van der Waals surface area contributed by atoms with Crippen LogP contribution in [0.5, 0.6) is 5.75 Å². The summed E-state index contributed by atoms with van der Waals surface area (Å²) in [6.45, 7) is 2.08. The van der Waals surface area contributed by atoms with Gasteiger partial charge in [0, 0.05) is 6.04 Å². The molecule has 1 heterocycles. The van der Waals surface area contributed by atoms with Crippen LogP contribution in [0.4, 0.5) is 11.5 Å². The molecule has 2 rings (SSSR count). The predicted octanol–water partition coefficient (Wildman–Crippen LogP) is 3.61. The summed E-state index contributed by atoms with van der Waals surface area (Å²) >= 11 is 3.45. The maximum atomic E-state index is 5.67. The maximum Gasteiger partial charge on any atom is 0.140 e. The molecule has 1 aromatic carbocycles. The highest BCUT2D eigenvalue weighted by atomic mass is 79.9. The number of hydrogen-bond acceptors (Lipinski definition) is 4. The van der Waals surface area contributed by atoms with Crippen molar-refractivity contribution in [2.45, 2.75) is 13.0 Å². The molecule has 1 aromatic heterocycles. The van der Waals surface area contributed by atoms with Gasteiger partial charge in [0.25, 0.3) is 0 Å². The van der Waals surface area contributed by atoms with Crippen LogP contribution in [0.3, 0.4) is 0 Å². The molecule has 0 bridgehead atoms. The average Bonchev–Trinajstić information content (AvgIpc) is 2.42. The van der Waals surface area contributed by atoms with Crippen molar-refractivity contribution >= 4 is 27.4 Å². The van der Waals surface area contributed by atoms with Gasteiger partial charge < -0.3 is 15.8 Å². The fourth-order valence-electron chi connectivity index (χ4n) is 1.74. The number of nitrogens with zero attached hydrogens (tertiary/aromatic N) is 1. The number of pyridine rings is 1. The van der Waals surface area contributed by atoms with Gasteiger partial charge in [0.05, 0.1) is 23.5 Å². The molecule has 0 saturated heterocycles. The zero-order valence-corrected chi connectivity index (χ0v) is 12.4. The second-order valence-corrected chi connectivity index (χ2v) is 5.09. The number of benzene rings is 1. The lowest BCUT2D eigenvalue weighted by atomic mass is 10.1. The molecule has 0 aliphatic carbocycles. The minimum Gasteiger partial charge on any atom is -0.497 e. The Labute approximate surface area is 121 Å². The summed E-state index contributed by atoms with van der Waals surface area (Å²) in [6, 6.07) is 9.91. The third kappa shape index (κ3) is 3.38. The average molecular weight is 322 g/mol. The summed E-state index contributed by atoms with van der Waals surface area (Å²) in [5.41, 5.74) is 7.46. The van der Waals surface area contributed by atoms with Crippen LogP contribution in [-0.2, 0) is 0 Å². The number of aromatic nitrogens is 1. The summed E-state index contributed by atoms with van der Waals surface area (Å²) < 4.78 is 6.00. The van der Waals surface area contributed by atoms with E-state index in [1.165, 1.54) is 0 Å².